The van der Waals surface area contributed by atoms with Crippen molar-refractivity contribution in [2.24, 2.45) is 0 Å². The van der Waals surface area contributed by atoms with E-state index in [9.17, 15) is 0 Å². The van der Waals surface area contributed by atoms with E-state index in [0.717, 1.165) is 18.5 Å². The van der Waals surface area contributed by atoms with E-state index in [1.165, 1.54) is 11.1 Å². The second-order valence-corrected chi connectivity index (χ2v) is 4.95. The van der Waals surface area contributed by atoms with Crippen LogP contribution < -0.4 is 5.32 Å². The van der Waals surface area contributed by atoms with Gasteiger partial charge in [-0.05, 0) is 30.0 Å². The van der Waals surface area contributed by atoms with Crippen LogP contribution in [-0.2, 0) is 19.6 Å². The Morgan fingerprint density at radius 3 is 2.37 bits per heavy atom. The van der Waals surface area contributed by atoms with Crippen LogP contribution in [0.1, 0.15) is 23.6 Å². The molecule has 2 heteroatoms. The largest absolute Gasteiger partial charge is 0.392 e. The van der Waals surface area contributed by atoms with Crippen LogP contribution in [0.4, 0.5) is 0 Å². The third-order valence-electron chi connectivity index (χ3n) is 3.21. The lowest BCUT2D eigenvalue weighted by atomic mass is 10.1. The summed E-state index contributed by atoms with van der Waals surface area (Å²) in [7, 11) is 0. The molecule has 2 rings (SSSR count). The van der Waals surface area contributed by atoms with Gasteiger partial charge in [-0.1, -0.05) is 54.6 Å². The Morgan fingerprint density at radius 1 is 0.947 bits per heavy atom. The normalized spacial score (nSPS) is 12.3. The fraction of sp³-hybridized carbons (Fsp3) is 0.294. The van der Waals surface area contributed by atoms with Crippen LogP contribution >= 0.6 is 0 Å². The summed E-state index contributed by atoms with van der Waals surface area (Å²) in [5, 5.41) is 12.6. The molecule has 0 bridgehead atoms. The fourth-order valence-electron chi connectivity index (χ4n) is 2.17. The van der Waals surface area contributed by atoms with Crippen molar-refractivity contribution in [3.8, 4) is 0 Å². The van der Waals surface area contributed by atoms with Gasteiger partial charge >= 0.3 is 0 Å². The van der Waals surface area contributed by atoms with E-state index in [0.29, 0.717) is 6.04 Å². The summed E-state index contributed by atoms with van der Waals surface area (Å²) in [6.45, 7) is 3.14. The van der Waals surface area contributed by atoms with Gasteiger partial charge in [-0.2, -0.15) is 0 Å². The van der Waals surface area contributed by atoms with E-state index in [1.54, 1.807) is 0 Å². The van der Waals surface area contributed by atoms with Gasteiger partial charge in [0.05, 0.1) is 6.61 Å². The zero-order valence-electron chi connectivity index (χ0n) is 11.3. The first-order chi connectivity index (χ1) is 9.28. The molecule has 19 heavy (non-hydrogen) atoms. The maximum absolute atomic E-state index is 9.11. The average molecular weight is 255 g/mol. The molecule has 2 N–H and O–H groups in total. The van der Waals surface area contributed by atoms with E-state index in [-0.39, 0.29) is 6.61 Å². The second kappa shape index (κ2) is 7.07. The summed E-state index contributed by atoms with van der Waals surface area (Å²) in [4.78, 5) is 0. The first-order valence-electron chi connectivity index (χ1n) is 6.74. The van der Waals surface area contributed by atoms with Crippen molar-refractivity contribution in [2.75, 3.05) is 0 Å². The number of hydrogen-bond acceptors (Lipinski definition) is 2. The smallest absolute Gasteiger partial charge is 0.0681 e. The van der Waals surface area contributed by atoms with Gasteiger partial charge in [0.1, 0.15) is 0 Å². The summed E-state index contributed by atoms with van der Waals surface area (Å²) in [5.41, 5.74) is 3.54. The van der Waals surface area contributed by atoms with E-state index in [4.69, 9.17) is 5.11 Å². The number of rotatable bonds is 6. The molecule has 0 aromatic heterocycles. The van der Waals surface area contributed by atoms with Crippen LogP contribution in [0.2, 0.25) is 0 Å². The van der Waals surface area contributed by atoms with Crippen LogP contribution in [-0.4, -0.2) is 11.1 Å². The van der Waals surface area contributed by atoms with E-state index < -0.39 is 0 Å². The van der Waals surface area contributed by atoms with Gasteiger partial charge in [0, 0.05) is 12.6 Å². The van der Waals surface area contributed by atoms with Gasteiger partial charge < -0.3 is 10.4 Å². The molecule has 0 fully saturated rings. The van der Waals surface area contributed by atoms with Gasteiger partial charge in [0.15, 0.2) is 0 Å². The molecule has 2 nitrogen and oxygen atoms in total. The third kappa shape index (κ3) is 4.51. The number of benzene rings is 2. The average Bonchev–Trinajstić information content (AvgIpc) is 2.46. The van der Waals surface area contributed by atoms with Crippen molar-refractivity contribution in [3.63, 3.8) is 0 Å². The lowest BCUT2D eigenvalue weighted by Gasteiger charge is -2.14. The Balaban J connectivity index is 1.84. The molecule has 0 amide bonds. The van der Waals surface area contributed by atoms with Crippen molar-refractivity contribution in [1.29, 1.82) is 0 Å². The third-order valence-corrected chi connectivity index (χ3v) is 3.21. The maximum Gasteiger partial charge on any atom is 0.0681 e. The topological polar surface area (TPSA) is 32.3 Å². The summed E-state index contributed by atoms with van der Waals surface area (Å²) in [6.07, 6.45) is 1.03. The van der Waals surface area contributed by atoms with Crippen LogP contribution in [0.3, 0.4) is 0 Å². The molecule has 0 saturated heterocycles. The molecule has 0 spiro atoms. The van der Waals surface area contributed by atoms with E-state index in [2.05, 4.69) is 42.6 Å². The molecule has 2 aromatic rings. The molecular formula is C17H21NO. The van der Waals surface area contributed by atoms with Gasteiger partial charge in [-0.3, -0.25) is 0 Å². The Bertz CT molecular complexity index is 496. The quantitative estimate of drug-likeness (QED) is 0.832. The molecule has 1 atom stereocenters. The van der Waals surface area contributed by atoms with Crippen molar-refractivity contribution < 1.29 is 5.11 Å². The van der Waals surface area contributed by atoms with Crippen LogP contribution in [0.5, 0.6) is 0 Å². The van der Waals surface area contributed by atoms with Crippen LogP contribution in [0.25, 0.3) is 0 Å². The highest BCUT2D eigenvalue weighted by Gasteiger charge is 2.03. The van der Waals surface area contributed by atoms with Gasteiger partial charge in [0.25, 0.3) is 0 Å². The molecule has 100 valence electrons. The summed E-state index contributed by atoms with van der Waals surface area (Å²) < 4.78 is 0. The van der Waals surface area contributed by atoms with Crippen molar-refractivity contribution in [1.82, 2.24) is 5.32 Å². The van der Waals surface area contributed by atoms with E-state index >= 15 is 0 Å². The van der Waals surface area contributed by atoms with Gasteiger partial charge in [-0.25, -0.2) is 0 Å². The molecular weight excluding hydrogens is 234 g/mol. The minimum atomic E-state index is 0.105. The molecule has 0 aliphatic rings. The standard InChI is InChI=1S/C17H21NO/c1-14(10-15-6-3-2-4-7-15)18-12-16-8-5-9-17(11-16)13-19/h2-9,11,14,18-19H,10,12-13H2,1H3. The number of aliphatic hydroxyl groups is 1. The summed E-state index contributed by atoms with van der Waals surface area (Å²) in [6, 6.07) is 19.0. The highest BCUT2D eigenvalue weighted by molar-refractivity contribution is 5.23. The highest BCUT2D eigenvalue weighted by Crippen LogP contribution is 2.07. The zero-order chi connectivity index (χ0) is 13.5. The highest BCUT2D eigenvalue weighted by atomic mass is 16.3. The lowest BCUT2D eigenvalue weighted by Crippen LogP contribution is -2.27. The molecule has 1 unspecified atom stereocenters. The Kier molecular flexibility index (Phi) is 5.13. The minimum absolute atomic E-state index is 0.105. The van der Waals surface area contributed by atoms with Gasteiger partial charge in [-0.15, -0.1) is 0 Å². The van der Waals surface area contributed by atoms with Crippen LogP contribution in [0.15, 0.2) is 54.6 Å². The Morgan fingerprint density at radius 2 is 1.63 bits per heavy atom. The fourth-order valence-corrected chi connectivity index (χ4v) is 2.17. The summed E-state index contributed by atoms with van der Waals surface area (Å²) >= 11 is 0. The minimum Gasteiger partial charge on any atom is -0.392 e. The van der Waals surface area contributed by atoms with Crippen molar-refractivity contribution in [3.05, 3.63) is 71.3 Å². The molecule has 0 radical (unpaired) electrons. The number of aliphatic hydroxyl groups excluding tert-OH is 1. The summed E-state index contributed by atoms with van der Waals surface area (Å²) in [5.74, 6) is 0. The van der Waals surface area contributed by atoms with Crippen molar-refractivity contribution in [2.45, 2.75) is 32.5 Å². The first-order valence-corrected chi connectivity index (χ1v) is 6.74. The number of hydrogen-bond donors (Lipinski definition) is 2. The monoisotopic (exact) mass is 255 g/mol. The molecule has 0 saturated carbocycles. The molecule has 0 aliphatic carbocycles. The number of nitrogens with one attached hydrogen (secondary N) is 1. The molecule has 0 heterocycles. The van der Waals surface area contributed by atoms with Gasteiger partial charge in [0.2, 0.25) is 0 Å². The van der Waals surface area contributed by atoms with Crippen LogP contribution in [0, 0.1) is 0 Å². The zero-order valence-corrected chi connectivity index (χ0v) is 11.3. The predicted molar refractivity (Wildman–Crippen MR) is 78.8 cm³/mol. The molecule has 2 aromatic carbocycles. The second-order valence-electron chi connectivity index (χ2n) is 4.95. The molecule has 0 aliphatic heterocycles. The predicted octanol–water partition coefficient (Wildman–Crippen LogP) is 2.90. The first kappa shape index (κ1) is 13.8. The SMILES string of the molecule is CC(Cc1ccccc1)NCc1cccc(CO)c1. The van der Waals surface area contributed by atoms with E-state index in [1.807, 2.05) is 24.3 Å². The Hall–Kier alpha value is -1.64. The maximum atomic E-state index is 9.11. The Labute approximate surface area is 115 Å². The van der Waals surface area contributed by atoms with Crippen molar-refractivity contribution >= 4 is 0 Å². The lowest BCUT2D eigenvalue weighted by molar-refractivity contribution is 0.281.